The molecule has 186 valence electrons. The van der Waals surface area contributed by atoms with Crippen LogP contribution in [0.4, 0.5) is 15.8 Å². The first-order valence-electron chi connectivity index (χ1n) is 12.5. The fourth-order valence-corrected chi connectivity index (χ4v) is 3.89. The zero-order valence-electron chi connectivity index (χ0n) is 21.0. The van der Waals surface area contributed by atoms with Crippen molar-refractivity contribution in [3.8, 4) is 0 Å². The minimum Gasteiger partial charge on any atom is -0.377 e. The van der Waals surface area contributed by atoms with E-state index in [0.29, 0.717) is 24.2 Å². The molecule has 2 rings (SSSR count). The highest BCUT2D eigenvalue weighted by atomic mass is 19.1. The molecule has 0 saturated heterocycles. The van der Waals surface area contributed by atoms with Crippen molar-refractivity contribution in [1.82, 2.24) is 5.32 Å². The second kappa shape index (κ2) is 15.1. The standard InChI is InChI=1S/C28H40FN3O2/c1-4-5-6-7-8-9-10-11-12-13-27(33)31-24-18-19-26(32(2)3)25(20-24)28(34)30-21-22-14-16-23(29)17-15-22/h14-20H,4-13,21H2,1-3H3,(H,30,34)(H,31,33). The Morgan fingerprint density at radius 1 is 0.853 bits per heavy atom. The van der Waals surface area contributed by atoms with E-state index < -0.39 is 0 Å². The van der Waals surface area contributed by atoms with Gasteiger partial charge in [-0.15, -0.1) is 0 Å². The van der Waals surface area contributed by atoms with Crippen molar-refractivity contribution in [2.24, 2.45) is 0 Å². The van der Waals surface area contributed by atoms with E-state index in [1.807, 2.05) is 31.1 Å². The number of carbonyl (C=O) groups excluding carboxylic acids is 2. The van der Waals surface area contributed by atoms with Crippen molar-refractivity contribution in [2.45, 2.75) is 77.7 Å². The normalized spacial score (nSPS) is 10.7. The monoisotopic (exact) mass is 469 g/mol. The van der Waals surface area contributed by atoms with E-state index in [9.17, 15) is 14.0 Å². The molecule has 2 aromatic rings. The first-order valence-corrected chi connectivity index (χ1v) is 12.5. The maximum atomic E-state index is 13.1. The fourth-order valence-electron chi connectivity index (χ4n) is 3.89. The van der Waals surface area contributed by atoms with Crippen LogP contribution in [0.5, 0.6) is 0 Å². The molecule has 0 fully saturated rings. The summed E-state index contributed by atoms with van der Waals surface area (Å²) in [6.07, 6.45) is 11.4. The number of carbonyl (C=O) groups is 2. The number of anilines is 2. The van der Waals surface area contributed by atoms with Crippen molar-refractivity contribution < 1.29 is 14.0 Å². The van der Waals surface area contributed by atoms with E-state index >= 15 is 0 Å². The Hall–Kier alpha value is -2.89. The van der Waals surface area contributed by atoms with E-state index in [1.165, 1.54) is 57.1 Å². The number of nitrogens with zero attached hydrogens (tertiary/aromatic N) is 1. The predicted molar refractivity (Wildman–Crippen MR) is 139 cm³/mol. The number of halogens is 1. The van der Waals surface area contributed by atoms with Gasteiger partial charge in [0.25, 0.3) is 5.91 Å². The Morgan fingerprint density at radius 3 is 2.09 bits per heavy atom. The van der Waals surface area contributed by atoms with Gasteiger partial charge < -0.3 is 15.5 Å². The lowest BCUT2D eigenvalue weighted by Crippen LogP contribution is -2.25. The van der Waals surface area contributed by atoms with Gasteiger partial charge in [0, 0.05) is 38.4 Å². The molecule has 0 aromatic heterocycles. The van der Waals surface area contributed by atoms with Crippen LogP contribution in [0.3, 0.4) is 0 Å². The second-order valence-corrected chi connectivity index (χ2v) is 9.06. The molecule has 34 heavy (non-hydrogen) atoms. The van der Waals surface area contributed by atoms with Gasteiger partial charge >= 0.3 is 0 Å². The van der Waals surface area contributed by atoms with Crippen LogP contribution in [0.1, 0.15) is 87.1 Å². The van der Waals surface area contributed by atoms with Crippen LogP contribution in [-0.4, -0.2) is 25.9 Å². The van der Waals surface area contributed by atoms with Crippen molar-refractivity contribution in [1.29, 1.82) is 0 Å². The summed E-state index contributed by atoms with van der Waals surface area (Å²) in [7, 11) is 3.74. The Balaban J connectivity index is 1.83. The Morgan fingerprint density at radius 2 is 1.47 bits per heavy atom. The average molecular weight is 470 g/mol. The number of hydrogen-bond acceptors (Lipinski definition) is 3. The number of rotatable bonds is 15. The smallest absolute Gasteiger partial charge is 0.253 e. The average Bonchev–Trinajstić information content (AvgIpc) is 2.82. The van der Waals surface area contributed by atoms with E-state index in [2.05, 4.69) is 17.6 Å². The number of hydrogen-bond donors (Lipinski definition) is 2. The van der Waals surface area contributed by atoms with E-state index in [-0.39, 0.29) is 17.6 Å². The highest BCUT2D eigenvalue weighted by Gasteiger charge is 2.15. The minimum atomic E-state index is -0.309. The molecule has 0 aliphatic rings. The first-order chi connectivity index (χ1) is 16.4. The largest absolute Gasteiger partial charge is 0.377 e. The molecule has 2 aromatic carbocycles. The third kappa shape index (κ3) is 9.94. The van der Waals surface area contributed by atoms with Gasteiger partial charge in [-0.3, -0.25) is 9.59 Å². The zero-order chi connectivity index (χ0) is 24.8. The lowest BCUT2D eigenvalue weighted by Gasteiger charge is -2.18. The van der Waals surface area contributed by atoms with Crippen LogP contribution in [0.15, 0.2) is 42.5 Å². The molecule has 0 radical (unpaired) electrons. The molecule has 5 nitrogen and oxygen atoms in total. The summed E-state index contributed by atoms with van der Waals surface area (Å²) in [4.78, 5) is 27.1. The maximum Gasteiger partial charge on any atom is 0.253 e. The highest BCUT2D eigenvalue weighted by Crippen LogP contribution is 2.23. The third-order valence-electron chi connectivity index (χ3n) is 5.88. The molecular weight excluding hydrogens is 429 g/mol. The lowest BCUT2D eigenvalue weighted by atomic mass is 10.1. The summed E-state index contributed by atoms with van der Waals surface area (Å²) < 4.78 is 13.1. The highest BCUT2D eigenvalue weighted by molar-refractivity contribution is 6.02. The number of benzene rings is 2. The Bertz CT molecular complexity index is 897. The van der Waals surface area contributed by atoms with E-state index in [4.69, 9.17) is 0 Å². The summed E-state index contributed by atoms with van der Waals surface area (Å²) in [5, 5.41) is 5.81. The molecule has 0 aliphatic heterocycles. The predicted octanol–water partition coefficient (Wildman–Crippen LogP) is 6.68. The molecule has 2 N–H and O–H groups in total. The van der Waals surface area contributed by atoms with Crippen LogP contribution in [0.25, 0.3) is 0 Å². The van der Waals surface area contributed by atoms with Gasteiger partial charge in [0.15, 0.2) is 0 Å². The van der Waals surface area contributed by atoms with Crippen molar-refractivity contribution >= 4 is 23.2 Å². The van der Waals surface area contributed by atoms with Gasteiger partial charge in [-0.2, -0.15) is 0 Å². The molecule has 0 heterocycles. The number of unbranched alkanes of at least 4 members (excludes halogenated alkanes) is 8. The third-order valence-corrected chi connectivity index (χ3v) is 5.88. The van der Waals surface area contributed by atoms with Gasteiger partial charge in [0.2, 0.25) is 5.91 Å². The number of nitrogens with one attached hydrogen (secondary N) is 2. The van der Waals surface area contributed by atoms with Crippen molar-refractivity contribution in [3.63, 3.8) is 0 Å². The first kappa shape index (κ1) is 27.4. The molecular formula is C28H40FN3O2. The van der Waals surface area contributed by atoms with Gasteiger partial charge in [0.1, 0.15) is 5.82 Å². The fraction of sp³-hybridized carbons (Fsp3) is 0.500. The molecule has 0 unspecified atom stereocenters. The second-order valence-electron chi connectivity index (χ2n) is 9.06. The van der Waals surface area contributed by atoms with Crippen LogP contribution >= 0.6 is 0 Å². The summed E-state index contributed by atoms with van der Waals surface area (Å²) in [5.74, 6) is -0.586. The maximum absolute atomic E-state index is 13.1. The number of amides is 2. The van der Waals surface area contributed by atoms with Crippen LogP contribution < -0.4 is 15.5 Å². The van der Waals surface area contributed by atoms with E-state index in [1.54, 1.807) is 18.2 Å². The molecule has 2 amide bonds. The van der Waals surface area contributed by atoms with Crippen molar-refractivity contribution in [2.75, 3.05) is 24.3 Å². The molecule has 0 atom stereocenters. The quantitative estimate of drug-likeness (QED) is 0.286. The Labute approximate surface area is 204 Å². The van der Waals surface area contributed by atoms with Crippen molar-refractivity contribution in [3.05, 3.63) is 59.4 Å². The molecule has 0 spiro atoms. The van der Waals surface area contributed by atoms with Gasteiger partial charge in [-0.1, -0.05) is 70.4 Å². The molecule has 0 saturated carbocycles. The van der Waals surface area contributed by atoms with Gasteiger partial charge in [0.05, 0.1) is 5.56 Å². The van der Waals surface area contributed by atoms with Crippen LogP contribution in [-0.2, 0) is 11.3 Å². The topological polar surface area (TPSA) is 61.4 Å². The molecule has 6 heteroatoms. The summed E-state index contributed by atoms with van der Waals surface area (Å²) in [6, 6.07) is 11.4. The SMILES string of the molecule is CCCCCCCCCCCC(=O)Nc1ccc(N(C)C)c(C(=O)NCc2ccc(F)cc2)c1. The Kier molecular flexibility index (Phi) is 12.1. The lowest BCUT2D eigenvalue weighted by molar-refractivity contribution is -0.116. The molecule has 0 aliphatic carbocycles. The van der Waals surface area contributed by atoms with Gasteiger partial charge in [-0.05, 0) is 42.3 Å². The summed E-state index contributed by atoms with van der Waals surface area (Å²) >= 11 is 0. The van der Waals surface area contributed by atoms with Gasteiger partial charge in [-0.25, -0.2) is 4.39 Å². The summed E-state index contributed by atoms with van der Waals surface area (Å²) in [6.45, 7) is 2.52. The van der Waals surface area contributed by atoms with E-state index in [0.717, 1.165) is 24.1 Å². The van der Waals surface area contributed by atoms with Crippen LogP contribution in [0.2, 0.25) is 0 Å². The zero-order valence-corrected chi connectivity index (χ0v) is 21.0. The van der Waals surface area contributed by atoms with Crippen LogP contribution in [0, 0.1) is 5.82 Å². The summed E-state index contributed by atoms with van der Waals surface area (Å²) in [5.41, 5.74) is 2.66. The molecule has 0 bridgehead atoms. The minimum absolute atomic E-state index is 0.0294.